The number of allylic oxidation sites excluding steroid dienone is 1. The van der Waals surface area contributed by atoms with E-state index in [0.29, 0.717) is 12.4 Å². The molecule has 31 heavy (non-hydrogen) atoms. The van der Waals surface area contributed by atoms with Gasteiger partial charge in [0.25, 0.3) is 0 Å². The second kappa shape index (κ2) is 9.77. The van der Waals surface area contributed by atoms with Crippen LogP contribution in [0.4, 0.5) is 0 Å². The summed E-state index contributed by atoms with van der Waals surface area (Å²) in [5, 5.41) is 0.0386. The van der Waals surface area contributed by atoms with Crippen LogP contribution >= 0.6 is 0 Å². The molecule has 0 aromatic heterocycles. The monoisotopic (exact) mass is 436 g/mol. The van der Waals surface area contributed by atoms with Crippen LogP contribution in [0.15, 0.2) is 84.7 Å². The molecule has 3 rings (SSSR count). The molecule has 0 fully saturated rings. The number of rotatable bonds is 8. The molecular weight excluding hydrogens is 404 g/mol. The zero-order valence-corrected chi connectivity index (χ0v) is 20.0. The third-order valence-corrected chi connectivity index (χ3v) is 10.3. The smallest absolute Gasteiger partial charge is 0.336 e. The molecule has 0 saturated carbocycles. The van der Waals surface area contributed by atoms with Gasteiger partial charge in [-0.25, -0.2) is 4.79 Å². The molecule has 0 aliphatic carbocycles. The fourth-order valence-electron chi connectivity index (χ4n) is 3.04. The van der Waals surface area contributed by atoms with Crippen LogP contribution in [0.2, 0.25) is 18.1 Å². The Morgan fingerprint density at radius 3 is 2.13 bits per heavy atom. The second-order valence-corrected chi connectivity index (χ2v) is 14.1. The molecule has 0 amide bonds. The summed E-state index contributed by atoms with van der Waals surface area (Å²) in [6.45, 7) is 11.6. The number of hydrogen-bond acceptors (Lipinski definition) is 4. The minimum atomic E-state index is -2.13. The summed E-state index contributed by atoms with van der Waals surface area (Å²) in [5.74, 6) is 0.123. The van der Waals surface area contributed by atoms with Crippen molar-refractivity contribution >= 4 is 14.3 Å². The van der Waals surface area contributed by atoms with Crippen molar-refractivity contribution in [2.75, 3.05) is 0 Å². The predicted octanol–water partition coefficient (Wildman–Crippen LogP) is 6.33. The second-order valence-electron chi connectivity index (χ2n) is 9.29. The number of ether oxygens (including phenoxy) is 2. The Labute approximate surface area is 186 Å². The normalized spacial score (nSPS) is 17.6. The van der Waals surface area contributed by atoms with Gasteiger partial charge in [0.1, 0.15) is 18.0 Å². The lowest BCUT2D eigenvalue weighted by Crippen LogP contribution is -2.44. The van der Waals surface area contributed by atoms with Crippen LogP contribution < -0.4 is 0 Å². The minimum Gasteiger partial charge on any atom is -0.424 e. The van der Waals surface area contributed by atoms with Crippen molar-refractivity contribution in [3.63, 3.8) is 0 Å². The molecule has 2 aromatic carbocycles. The van der Waals surface area contributed by atoms with Crippen molar-refractivity contribution in [3.05, 3.63) is 95.8 Å². The molecule has 0 bridgehead atoms. The van der Waals surface area contributed by atoms with E-state index < -0.39 is 14.4 Å². The average molecular weight is 437 g/mol. The molecular formula is C26H32O4Si. The lowest BCUT2D eigenvalue weighted by Gasteiger charge is -2.41. The fourth-order valence-corrected chi connectivity index (χ4v) is 4.30. The summed E-state index contributed by atoms with van der Waals surface area (Å²) in [5.41, 5.74) is 2.11. The summed E-state index contributed by atoms with van der Waals surface area (Å²) in [4.78, 5) is 11.6. The van der Waals surface area contributed by atoms with Crippen LogP contribution in [0, 0.1) is 0 Å². The summed E-state index contributed by atoms with van der Waals surface area (Å²) in [6, 6.07) is 20.2. The molecule has 2 aromatic rings. The van der Waals surface area contributed by atoms with E-state index in [9.17, 15) is 4.79 Å². The first kappa shape index (κ1) is 23.2. The number of benzene rings is 2. The number of cyclic esters (lactones) is 1. The molecule has 0 N–H and O–H groups in total. The number of carbonyl (C=O) groups excluding carboxylic acids is 1. The van der Waals surface area contributed by atoms with Crippen LogP contribution in [-0.4, -0.2) is 20.4 Å². The van der Waals surface area contributed by atoms with E-state index >= 15 is 0 Å². The Bertz CT molecular complexity index is 927. The van der Waals surface area contributed by atoms with Crippen LogP contribution in [-0.2, 0) is 25.3 Å². The highest BCUT2D eigenvalue weighted by atomic mass is 28.4. The highest BCUT2D eigenvalue weighted by Gasteiger charge is 2.41. The van der Waals surface area contributed by atoms with E-state index in [4.69, 9.17) is 13.9 Å². The minimum absolute atomic E-state index is 0.0386. The van der Waals surface area contributed by atoms with Gasteiger partial charge in [-0.2, -0.15) is 0 Å². The van der Waals surface area contributed by atoms with Gasteiger partial charge in [-0.3, -0.25) is 0 Å². The molecule has 4 nitrogen and oxygen atoms in total. The fraction of sp³-hybridized carbons (Fsp3) is 0.346. The standard InChI is InChI=1S/C26H32O4Si/c1-26(2,3)31(4,5)30-25(21-14-10-7-11-15-21)23(18-22-16-17-24(27)29-22)28-19-20-12-8-6-9-13-20/h6-18,23,25H,19H2,1-5H3/b22-18+/t23-,25+/m0/s1. The Morgan fingerprint density at radius 1 is 0.968 bits per heavy atom. The lowest BCUT2D eigenvalue weighted by molar-refractivity contribution is -0.132. The zero-order chi connectivity index (χ0) is 22.5. The molecule has 0 spiro atoms. The first-order valence-corrected chi connectivity index (χ1v) is 13.6. The topological polar surface area (TPSA) is 44.8 Å². The summed E-state index contributed by atoms with van der Waals surface area (Å²) in [7, 11) is -2.13. The molecule has 0 radical (unpaired) electrons. The van der Waals surface area contributed by atoms with E-state index in [1.54, 1.807) is 6.08 Å². The molecule has 1 aliphatic heterocycles. The van der Waals surface area contributed by atoms with E-state index in [2.05, 4.69) is 46.0 Å². The first-order chi connectivity index (χ1) is 14.7. The molecule has 5 heteroatoms. The maximum absolute atomic E-state index is 11.6. The number of carbonyl (C=O) groups is 1. The number of hydrogen-bond donors (Lipinski definition) is 0. The van der Waals surface area contributed by atoms with E-state index in [0.717, 1.165) is 11.1 Å². The Balaban J connectivity index is 1.96. The Hall–Kier alpha value is -2.47. The van der Waals surface area contributed by atoms with Crippen molar-refractivity contribution < 1.29 is 18.7 Å². The van der Waals surface area contributed by atoms with Crippen LogP contribution in [0.1, 0.15) is 38.0 Å². The SMILES string of the molecule is CC(C)(C)[Si](C)(C)O[C@H](c1ccccc1)[C@H](/C=C1\C=CC(=O)O1)OCc1ccccc1. The van der Waals surface area contributed by atoms with Crippen molar-refractivity contribution in [1.82, 2.24) is 0 Å². The van der Waals surface area contributed by atoms with Gasteiger partial charge in [0.05, 0.1) is 6.61 Å². The van der Waals surface area contributed by atoms with Crippen molar-refractivity contribution in [2.45, 2.75) is 57.7 Å². The van der Waals surface area contributed by atoms with Crippen LogP contribution in [0.25, 0.3) is 0 Å². The molecule has 1 aliphatic rings. The van der Waals surface area contributed by atoms with Crippen molar-refractivity contribution in [1.29, 1.82) is 0 Å². The largest absolute Gasteiger partial charge is 0.424 e. The highest BCUT2D eigenvalue weighted by Crippen LogP contribution is 2.41. The van der Waals surface area contributed by atoms with Crippen LogP contribution in [0.5, 0.6) is 0 Å². The maximum atomic E-state index is 11.6. The van der Waals surface area contributed by atoms with Gasteiger partial charge in [-0.1, -0.05) is 81.4 Å². The maximum Gasteiger partial charge on any atom is 0.336 e. The molecule has 1 heterocycles. The van der Waals surface area contributed by atoms with Crippen molar-refractivity contribution in [2.24, 2.45) is 0 Å². The molecule has 2 atom stereocenters. The third-order valence-electron chi connectivity index (χ3n) is 5.87. The van der Waals surface area contributed by atoms with Gasteiger partial charge in [-0.05, 0) is 41.4 Å². The summed E-state index contributed by atoms with van der Waals surface area (Å²) in [6.07, 6.45) is 4.20. The highest BCUT2D eigenvalue weighted by molar-refractivity contribution is 6.74. The van der Waals surface area contributed by atoms with Gasteiger partial charge < -0.3 is 13.9 Å². The quantitative estimate of drug-likeness (QED) is 0.358. The van der Waals surface area contributed by atoms with E-state index in [-0.39, 0.29) is 17.1 Å². The molecule has 0 unspecified atom stereocenters. The van der Waals surface area contributed by atoms with E-state index in [1.807, 2.05) is 54.6 Å². The van der Waals surface area contributed by atoms with Gasteiger partial charge >= 0.3 is 5.97 Å². The van der Waals surface area contributed by atoms with Crippen molar-refractivity contribution in [3.8, 4) is 0 Å². The number of esters is 1. The van der Waals surface area contributed by atoms with E-state index in [1.165, 1.54) is 6.08 Å². The Kier molecular flexibility index (Phi) is 7.31. The third kappa shape index (κ3) is 6.26. The van der Waals surface area contributed by atoms with Gasteiger partial charge in [0, 0.05) is 6.08 Å². The average Bonchev–Trinajstić information content (AvgIpc) is 3.15. The molecule has 164 valence electrons. The lowest BCUT2D eigenvalue weighted by atomic mass is 10.0. The first-order valence-electron chi connectivity index (χ1n) is 10.7. The molecule has 0 saturated heterocycles. The summed E-state index contributed by atoms with van der Waals surface area (Å²) >= 11 is 0. The van der Waals surface area contributed by atoms with Gasteiger partial charge in [0.2, 0.25) is 0 Å². The predicted molar refractivity (Wildman–Crippen MR) is 126 cm³/mol. The van der Waals surface area contributed by atoms with Crippen LogP contribution in [0.3, 0.4) is 0 Å². The summed E-state index contributed by atoms with van der Waals surface area (Å²) < 4.78 is 18.6. The van der Waals surface area contributed by atoms with Gasteiger partial charge in [0.15, 0.2) is 8.32 Å². The zero-order valence-electron chi connectivity index (χ0n) is 19.0. The van der Waals surface area contributed by atoms with Gasteiger partial charge in [-0.15, -0.1) is 0 Å². The Morgan fingerprint density at radius 2 is 1.58 bits per heavy atom.